The maximum Gasteiger partial charge on any atom is 2.00 e. The van der Waals surface area contributed by atoms with E-state index in [2.05, 4.69) is 39.9 Å². The second kappa shape index (κ2) is 31.0. The van der Waals surface area contributed by atoms with Crippen LogP contribution in [0.2, 0.25) is 0 Å². The fraction of sp³-hybridized carbons (Fsp3) is 0.895. The molecule has 0 amide bonds. The summed E-state index contributed by atoms with van der Waals surface area (Å²) in [5, 5.41) is 4.73. The first-order valence-corrected chi connectivity index (χ1v) is 8.83. The number of carbonyl (C=O) groups is 1. The molecule has 4 nitrogen and oxygen atoms in total. The number of carbonyl (C=O) groups excluding carboxylic acids is 1. The predicted octanol–water partition coefficient (Wildman–Crippen LogP) is 5.64. The van der Waals surface area contributed by atoms with Crippen LogP contribution in [0, 0.1) is 18.8 Å². The summed E-state index contributed by atoms with van der Waals surface area (Å²) in [6.45, 7) is 25.2. The molecule has 24 heavy (non-hydrogen) atoms. The molecule has 1 heterocycles. The summed E-state index contributed by atoms with van der Waals surface area (Å²) in [5.41, 5.74) is 0.564. The van der Waals surface area contributed by atoms with Gasteiger partial charge >= 0.3 is 18.6 Å². The third kappa shape index (κ3) is 38.0. The molecule has 0 aliphatic carbocycles. The Morgan fingerprint density at radius 3 is 1.54 bits per heavy atom. The maximum atomic E-state index is 8.00. The minimum absolute atomic E-state index is 0. The van der Waals surface area contributed by atoms with Gasteiger partial charge in [0.1, 0.15) is 6.79 Å². The number of hydrogen-bond donors (Lipinski definition) is 1. The van der Waals surface area contributed by atoms with E-state index in [0.29, 0.717) is 5.41 Å². The van der Waals surface area contributed by atoms with Crippen molar-refractivity contribution >= 4 is 6.79 Å². The molecule has 0 aromatic heterocycles. The predicted molar refractivity (Wildman–Crippen MR) is 109 cm³/mol. The average Bonchev–Trinajstić information content (AvgIpc) is 2.53. The second-order valence-electron chi connectivity index (χ2n) is 5.85. The monoisotopic (exact) mass is 384 g/mol. The van der Waals surface area contributed by atoms with Gasteiger partial charge in [-0.25, -0.2) is 0 Å². The maximum absolute atomic E-state index is 8.00. The molecular formula is C19H47N3OV. The number of nitrogens with zero attached hydrogens (tertiary/aromatic N) is 1. The van der Waals surface area contributed by atoms with Crippen LogP contribution in [0.1, 0.15) is 75.2 Å². The van der Waals surface area contributed by atoms with Gasteiger partial charge < -0.3 is 28.4 Å². The molecule has 0 spiro atoms. The third-order valence-electron chi connectivity index (χ3n) is 3.03. The topological polar surface area (TPSA) is 56.1 Å². The van der Waals surface area contributed by atoms with Gasteiger partial charge in [-0.15, -0.1) is 0 Å². The second-order valence-corrected chi connectivity index (χ2v) is 5.85. The fourth-order valence-corrected chi connectivity index (χ4v) is 1.91. The zero-order valence-electron chi connectivity index (χ0n) is 18.3. The first kappa shape index (κ1) is 39.3. The van der Waals surface area contributed by atoms with Crippen LogP contribution in [0.25, 0.3) is 5.84 Å². The van der Waals surface area contributed by atoms with Gasteiger partial charge in [0, 0.05) is 13.1 Å². The van der Waals surface area contributed by atoms with Crippen LogP contribution in [0.3, 0.4) is 0 Å². The summed E-state index contributed by atoms with van der Waals surface area (Å²) in [7, 11) is 0. The fourth-order valence-electron chi connectivity index (χ4n) is 1.91. The zero-order valence-corrected chi connectivity index (χ0v) is 19.7. The molecule has 1 aliphatic heterocycles. The molecule has 1 aliphatic rings. The van der Waals surface area contributed by atoms with Gasteiger partial charge in [-0.2, -0.15) is 0 Å². The Morgan fingerprint density at radius 1 is 1.08 bits per heavy atom. The van der Waals surface area contributed by atoms with E-state index in [-0.39, 0.29) is 26.0 Å². The molecule has 0 atom stereocenters. The Bertz CT molecular complexity index is 185. The Kier molecular flexibility index (Phi) is 50.7. The Morgan fingerprint density at radius 2 is 1.42 bits per heavy atom. The molecule has 0 saturated carbocycles. The standard InChI is InChI=1S/C9H20.C4H10N3.2C2H6.CH2O.CH3.V/c1-6-9(4,5)7-8(2)3;5-7-3-1-6-2-4-7;3*1-2;;/h8H,6-7H2,1-5H3;5-6H,1-4H2;2*1-2H3;1H2;1H3;/q;-1;;;;-1;+2. The van der Waals surface area contributed by atoms with E-state index < -0.39 is 0 Å². The number of hydrogen-bond acceptors (Lipinski definition) is 3. The van der Waals surface area contributed by atoms with E-state index in [1.54, 1.807) is 5.01 Å². The molecular weight excluding hydrogens is 337 g/mol. The van der Waals surface area contributed by atoms with E-state index in [1.807, 2.05) is 34.5 Å². The SMILES string of the molecule is C=O.CC.CC.CCC(C)(C)CC(C)C.[CH3-].[NH-]N1CCNCC1.[V+2]. The van der Waals surface area contributed by atoms with E-state index in [9.17, 15) is 0 Å². The van der Waals surface area contributed by atoms with Gasteiger partial charge in [0.05, 0.1) is 0 Å². The van der Waals surface area contributed by atoms with E-state index in [4.69, 9.17) is 10.6 Å². The summed E-state index contributed by atoms with van der Waals surface area (Å²) in [5.74, 6) is 7.91. The largest absolute Gasteiger partial charge is 2.00 e. The van der Waals surface area contributed by atoms with Crippen LogP contribution in [-0.4, -0.2) is 38.0 Å². The molecule has 0 aromatic carbocycles. The van der Waals surface area contributed by atoms with Crippen molar-refractivity contribution in [3.8, 4) is 0 Å². The molecule has 5 heteroatoms. The average molecular weight is 385 g/mol. The number of rotatable bonds is 3. The molecule has 0 bridgehead atoms. The Hall–Kier alpha value is 0.134. The van der Waals surface area contributed by atoms with Crippen molar-refractivity contribution < 1.29 is 23.4 Å². The van der Waals surface area contributed by atoms with Crippen LogP contribution in [0.15, 0.2) is 0 Å². The van der Waals surface area contributed by atoms with Crippen LogP contribution < -0.4 is 5.32 Å². The van der Waals surface area contributed by atoms with Gasteiger partial charge in [-0.05, 0) is 30.8 Å². The van der Waals surface area contributed by atoms with Gasteiger partial charge in [-0.3, -0.25) is 0 Å². The quantitative estimate of drug-likeness (QED) is 0.640. The minimum atomic E-state index is 0. The van der Waals surface area contributed by atoms with Crippen LogP contribution >= 0.6 is 0 Å². The third-order valence-corrected chi connectivity index (χ3v) is 3.03. The van der Waals surface area contributed by atoms with Crippen LogP contribution in [0.4, 0.5) is 0 Å². The van der Waals surface area contributed by atoms with Crippen molar-refractivity contribution in [2.24, 2.45) is 11.3 Å². The molecule has 0 aromatic rings. The number of nitrogens with one attached hydrogen (secondary N) is 2. The normalized spacial score (nSPS) is 12.8. The molecule has 1 radical (unpaired) electrons. The minimum Gasteiger partial charge on any atom is -0.610 e. The van der Waals surface area contributed by atoms with Gasteiger partial charge in [-0.1, -0.05) is 68.7 Å². The van der Waals surface area contributed by atoms with E-state index >= 15 is 0 Å². The van der Waals surface area contributed by atoms with Gasteiger partial charge in [0.15, 0.2) is 0 Å². The van der Waals surface area contributed by atoms with Crippen molar-refractivity contribution in [3.63, 3.8) is 0 Å². The Labute approximate surface area is 166 Å². The van der Waals surface area contributed by atoms with Crippen LogP contribution in [-0.2, 0) is 23.4 Å². The van der Waals surface area contributed by atoms with Crippen molar-refractivity contribution in [1.82, 2.24) is 10.3 Å². The summed E-state index contributed by atoms with van der Waals surface area (Å²) in [6.07, 6.45) is 2.65. The van der Waals surface area contributed by atoms with Gasteiger partial charge in [0.25, 0.3) is 0 Å². The number of piperazine rings is 1. The van der Waals surface area contributed by atoms with Crippen molar-refractivity contribution in [2.75, 3.05) is 26.2 Å². The summed E-state index contributed by atoms with van der Waals surface area (Å²) < 4.78 is 0. The van der Waals surface area contributed by atoms with Crippen molar-refractivity contribution in [1.29, 1.82) is 0 Å². The molecule has 1 rings (SSSR count). The van der Waals surface area contributed by atoms with Crippen molar-refractivity contribution in [2.45, 2.75) is 75.2 Å². The smallest absolute Gasteiger partial charge is 0.610 e. The van der Waals surface area contributed by atoms with E-state index in [1.165, 1.54) is 12.8 Å². The summed E-state index contributed by atoms with van der Waals surface area (Å²) >= 11 is 0. The Balaban J connectivity index is -0.0000000487. The molecule has 149 valence electrons. The van der Waals surface area contributed by atoms with Crippen molar-refractivity contribution in [3.05, 3.63) is 13.3 Å². The summed E-state index contributed by atoms with van der Waals surface area (Å²) in [6, 6.07) is 0. The molecule has 1 fully saturated rings. The molecule has 1 saturated heterocycles. The first-order chi connectivity index (χ1) is 10.4. The molecule has 0 unspecified atom stereocenters. The molecule has 2 N–H and O–H groups in total. The van der Waals surface area contributed by atoms with E-state index in [0.717, 1.165) is 32.1 Å². The summed E-state index contributed by atoms with van der Waals surface area (Å²) in [4.78, 5) is 8.00. The first-order valence-electron chi connectivity index (χ1n) is 8.83. The van der Waals surface area contributed by atoms with Crippen LogP contribution in [0.5, 0.6) is 0 Å². The van der Waals surface area contributed by atoms with Gasteiger partial charge in [0.2, 0.25) is 0 Å². The zero-order chi connectivity index (χ0) is 18.6.